The van der Waals surface area contributed by atoms with Crippen LogP contribution in [0, 0.1) is 11.8 Å². The third-order valence-corrected chi connectivity index (χ3v) is 9.91. The van der Waals surface area contributed by atoms with Gasteiger partial charge in [0.15, 0.2) is 0 Å². The Morgan fingerprint density at radius 1 is 0.921 bits per heavy atom. The van der Waals surface area contributed by atoms with Crippen molar-refractivity contribution in [3.05, 3.63) is 70.8 Å². The smallest absolute Gasteiger partial charge is 0.339 e. The third-order valence-electron chi connectivity index (χ3n) is 9.91. The first-order valence-corrected chi connectivity index (χ1v) is 14.3. The molecule has 2 N–H and O–H groups in total. The van der Waals surface area contributed by atoms with Crippen LogP contribution in [0.15, 0.2) is 48.5 Å². The van der Waals surface area contributed by atoms with Crippen LogP contribution in [0.4, 0.5) is 13.2 Å². The summed E-state index contributed by atoms with van der Waals surface area (Å²) in [4.78, 5) is 16.7. The van der Waals surface area contributed by atoms with Crippen molar-refractivity contribution in [2.24, 2.45) is 11.8 Å². The maximum atomic E-state index is 14.5. The number of rotatable bonds is 3. The van der Waals surface area contributed by atoms with Gasteiger partial charge in [0.25, 0.3) is 0 Å². The van der Waals surface area contributed by atoms with Crippen molar-refractivity contribution >= 4 is 5.91 Å². The van der Waals surface area contributed by atoms with Gasteiger partial charge in [0.05, 0.1) is 11.5 Å². The maximum absolute atomic E-state index is 14.5. The van der Waals surface area contributed by atoms with Gasteiger partial charge < -0.3 is 15.5 Å². The van der Waals surface area contributed by atoms with Gasteiger partial charge in [0, 0.05) is 44.2 Å². The number of hydrogen-bond donors (Lipinski definition) is 2. The minimum atomic E-state index is -4.41. The highest BCUT2D eigenvalue weighted by Gasteiger charge is 2.53. The minimum absolute atomic E-state index is 0.129. The second-order valence-electron chi connectivity index (χ2n) is 11.9. The van der Waals surface area contributed by atoms with Crippen molar-refractivity contribution in [3.8, 4) is 0 Å². The molecule has 38 heavy (non-hydrogen) atoms. The molecular weight excluding hydrogens is 487 g/mol. The average molecular weight is 526 g/mol. The van der Waals surface area contributed by atoms with E-state index in [0.717, 1.165) is 32.2 Å². The Hall–Kier alpha value is -2.38. The second-order valence-corrected chi connectivity index (χ2v) is 11.9. The zero-order chi connectivity index (χ0) is 26.3. The molecule has 2 aromatic carbocycles. The molecule has 0 unspecified atom stereocenters. The maximum Gasteiger partial charge on any atom is 0.416 e. The number of carbonyl (C=O) groups is 1. The zero-order valence-electron chi connectivity index (χ0n) is 21.9. The standard InChI is InChI=1S/C31H38F3N3O/c32-31(33,34)26-13-7-12-25-24(26)17-35-19-30(25)20-36-18-27(30)29(38)37-15-14-23(21-8-3-1-4-9-21)16-28(37)22-10-5-2-6-11-22/h1,3-4,7-9,12-13,22-23,27-28,35-36H,2,5-6,10-11,14-20H2/t23-,27+,28+,30+/m1/s1. The number of benzene rings is 2. The topological polar surface area (TPSA) is 44.4 Å². The van der Waals surface area contributed by atoms with Gasteiger partial charge in [-0.15, -0.1) is 0 Å². The molecule has 4 nitrogen and oxygen atoms in total. The van der Waals surface area contributed by atoms with Crippen molar-refractivity contribution < 1.29 is 18.0 Å². The molecule has 0 aromatic heterocycles. The molecule has 2 aromatic rings. The predicted octanol–water partition coefficient (Wildman–Crippen LogP) is 5.62. The molecule has 204 valence electrons. The van der Waals surface area contributed by atoms with Crippen molar-refractivity contribution in [1.82, 2.24) is 15.5 Å². The van der Waals surface area contributed by atoms with Crippen LogP contribution in [-0.4, -0.2) is 43.0 Å². The Labute approximate surface area is 223 Å². The van der Waals surface area contributed by atoms with Crippen LogP contribution in [0.5, 0.6) is 0 Å². The highest BCUT2D eigenvalue weighted by Crippen LogP contribution is 2.46. The molecule has 2 saturated heterocycles. The Morgan fingerprint density at radius 2 is 1.68 bits per heavy atom. The first-order valence-electron chi connectivity index (χ1n) is 14.3. The molecule has 4 aliphatic rings. The van der Waals surface area contributed by atoms with Crippen LogP contribution in [-0.2, 0) is 22.9 Å². The lowest BCUT2D eigenvalue weighted by Gasteiger charge is -2.48. The van der Waals surface area contributed by atoms with Gasteiger partial charge in [0.2, 0.25) is 5.91 Å². The largest absolute Gasteiger partial charge is 0.416 e. The summed E-state index contributed by atoms with van der Waals surface area (Å²) in [5.74, 6) is 0.688. The molecule has 1 spiro atoms. The summed E-state index contributed by atoms with van der Waals surface area (Å²) in [6, 6.07) is 15.4. The van der Waals surface area contributed by atoms with E-state index in [1.807, 2.05) is 12.1 Å². The Balaban J connectivity index is 1.32. The van der Waals surface area contributed by atoms with Crippen LogP contribution >= 0.6 is 0 Å². The Kier molecular flexibility index (Phi) is 7.02. The average Bonchev–Trinajstić information content (AvgIpc) is 3.36. The molecule has 3 heterocycles. The van der Waals surface area contributed by atoms with Crippen LogP contribution in [0.3, 0.4) is 0 Å². The molecule has 6 rings (SSSR count). The summed E-state index contributed by atoms with van der Waals surface area (Å²) < 4.78 is 41.7. The Bertz CT molecular complexity index is 1150. The quantitative estimate of drug-likeness (QED) is 0.547. The van der Waals surface area contributed by atoms with Gasteiger partial charge in [-0.3, -0.25) is 4.79 Å². The van der Waals surface area contributed by atoms with Gasteiger partial charge in [-0.1, -0.05) is 61.7 Å². The number of nitrogens with zero attached hydrogens (tertiary/aromatic N) is 1. The van der Waals surface area contributed by atoms with E-state index in [1.165, 1.54) is 37.0 Å². The van der Waals surface area contributed by atoms with Crippen molar-refractivity contribution in [3.63, 3.8) is 0 Å². The number of halogens is 3. The summed E-state index contributed by atoms with van der Waals surface area (Å²) >= 11 is 0. The van der Waals surface area contributed by atoms with E-state index < -0.39 is 17.2 Å². The van der Waals surface area contributed by atoms with Gasteiger partial charge >= 0.3 is 6.18 Å². The zero-order valence-corrected chi connectivity index (χ0v) is 21.9. The van der Waals surface area contributed by atoms with E-state index in [-0.39, 0.29) is 24.4 Å². The van der Waals surface area contributed by atoms with E-state index >= 15 is 0 Å². The van der Waals surface area contributed by atoms with Crippen LogP contribution in [0.25, 0.3) is 0 Å². The number of amides is 1. The number of likely N-dealkylation sites (tertiary alicyclic amines) is 1. The van der Waals surface area contributed by atoms with E-state index in [1.54, 1.807) is 0 Å². The number of nitrogens with one attached hydrogen (secondary N) is 2. The lowest BCUT2D eigenvalue weighted by Crippen LogP contribution is -2.57. The molecule has 3 fully saturated rings. The van der Waals surface area contributed by atoms with Gasteiger partial charge in [-0.2, -0.15) is 13.2 Å². The predicted molar refractivity (Wildman–Crippen MR) is 142 cm³/mol. The highest BCUT2D eigenvalue weighted by molar-refractivity contribution is 5.82. The Morgan fingerprint density at radius 3 is 2.45 bits per heavy atom. The number of alkyl halides is 3. The van der Waals surface area contributed by atoms with Crippen LogP contribution in [0.2, 0.25) is 0 Å². The van der Waals surface area contributed by atoms with Crippen molar-refractivity contribution in [1.29, 1.82) is 0 Å². The van der Waals surface area contributed by atoms with Crippen LogP contribution in [0.1, 0.15) is 73.1 Å². The highest BCUT2D eigenvalue weighted by atomic mass is 19.4. The van der Waals surface area contributed by atoms with Crippen LogP contribution < -0.4 is 10.6 Å². The molecular formula is C31H38F3N3O. The molecule has 7 heteroatoms. The molecule has 1 amide bonds. The normalized spacial score (nSPS) is 30.4. The van der Waals surface area contributed by atoms with E-state index in [4.69, 9.17) is 0 Å². The molecule has 3 aliphatic heterocycles. The summed E-state index contributed by atoms with van der Waals surface area (Å²) in [6.45, 7) is 2.43. The van der Waals surface area contributed by atoms with Crippen molar-refractivity contribution in [2.45, 2.75) is 75.0 Å². The van der Waals surface area contributed by atoms with E-state index in [2.05, 4.69) is 39.8 Å². The number of hydrogen-bond acceptors (Lipinski definition) is 3. The van der Waals surface area contributed by atoms with E-state index in [0.29, 0.717) is 42.6 Å². The summed E-state index contributed by atoms with van der Waals surface area (Å²) in [5.41, 5.74) is 1.11. The molecule has 0 bridgehead atoms. The fourth-order valence-corrected chi connectivity index (χ4v) is 8.03. The summed E-state index contributed by atoms with van der Waals surface area (Å²) in [7, 11) is 0. The first kappa shape index (κ1) is 25.9. The lowest BCUT2D eigenvalue weighted by molar-refractivity contribution is -0.142. The first-order chi connectivity index (χ1) is 18.4. The fourth-order valence-electron chi connectivity index (χ4n) is 8.03. The number of fused-ring (bicyclic) bond motifs is 2. The summed E-state index contributed by atoms with van der Waals surface area (Å²) in [5, 5.41) is 6.68. The molecule has 4 atom stereocenters. The molecule has 0 radical (unpaired) electrons. The molecule has 1 saturated carbocycles. The number of piperidine rings is 1. The summed E-state index contributed by atoms with van der Waals surface area (Å²) in [6.07, 6.45) is 3.49. The number of carbonyl (C=O) groups excluding carboxylic acids is 1. The lowest BCUT2D eigenvalue weighted by atomic mass is 9.67. The third kappa shape index (κ3) is 4.56. The SMILES string of the molecule is O=C([C@@H]1CNC[C@]12CNCc1c(C(F)(F)F)cccc12)N1CC[C@@H](c2ccccc2)C[C@H]1C1CCCCC1. The van der Waals surface area contributed by atoms with Gasteiger partial charge in [-0.05, 0) is 60.3 Å². The fraction of sp³-hybridized carbons (Fsp3) is 0.581. The monoisotopic (exact) mass is 525 g/mol. The van der Waals surface area contributed by atoms with Gasteiger partial charge in [-0.25, -0.2) is 0 Å². The van der Waals surface area contributed by atoms with Crippen molar-refractivity contribution in [2.75, 3.05) is 26.2 Å². The minimum Gasteiger partial charge on any atom is -0.339 e. The van der Waals surface area contributed by atoms with Gasteiger partial charge in [0.1, 0.15) is 0 Å². The second kappa shape index (κ2) is 10.3. The molecule has 1 aliphatic carbocycles. The van der Waals surface area contributed by atoms with E-state index in [9.17, 15) is 18.0 Å².